The van der Waals surface area contributed by atoms with Gasteiger partial charge in [-0.15, -0.1) is 11.3 Å². The van der Waals surface area contributed by atoms with E-state index in [1.165, 1.54) is 19.3 Å². The van der Waals surface area contributed by atoms with Crippen LogP contribution >= 0.6 is 11.3 Å². The topological polar surface area (TPSA) is 42.4 Å². The first-order valence-electron chi connectivity index (χ1n) is 7.27. The van der Waals surface area contributed by atoms with Gasteiger partial charge in [0.1, 0.15) is 5.41 Å². The molecule has 0 unspecified atom stereocenters. The highest BCUT2D eigenvalue weighted by atomic mass is 32.1. The average Bonchev–Trinajstić information content (AvgIpc) is 2.89. The Kier molecular flexibility index (Phi) is 6.46. The van der Waals surface area contributed by atoms with E-state index in [0.29, 0.717) is 6.61 Å². The first kappa shape index (κ1) is 17.0. The maximum absolute atomic E-state index is 12.0. The molecule has 0 aliphatic carbocycles. The van der Waals surface area contributed by atoms with Gasteiger partial charge in [-0.25, -0.2) is 4.98 Å². The van der Waals surface area contributed by atoms with Gasteiger partial charge in [-0.2, -0.15) is 0 Å². The quantitative estimate of drug-likeness (QED) is 0.543. The van der Waals surface area contributed by atoms with Gasteiger partial charge < -0.3 is 9.64 Å². The van der Waals surface area contributed by atoms with Crippen LogP contribution in [0.25, 0.3) is 0 Å². The number of thiazole rings is 1. The summed E-state index contributed by atoms with van der Waals surface area (Å²) >= 11 is 1.59. The molecule has 0 radical (unpaired) electrons. The number of hydrogen-bond donors (Lipinski definition) is 0. The van der Waals surface area contributed by atoms with Gasteiger partial charge in [0.25, 0.3) is 0 Å². The summed E-state index contributed by atoms with van der Waals surface area (Å²) < 4.78 is 5.12. The van der Waals surface area contributed by atoms with Gasteiger partial charge in [0.15, 0.2) is 5.13 Å². The summed E-state index contributed by atoms with van der Waals surface area (Å²) in [5.41, 5.74) is 0.105. The predicted octanol–water partition coefficient (Wildman–Crippen LogP) is 3.61. The number of esters is 1. The van der Waals surface area contributed by atoms with Crippen LogP contribution in [-0.4, -0.2) is 31.2 Å². The van der Waals surface area contributed by atoms with Crippen molar-refractivity contribution in [2.45, 2.75) is 52.4 Å². The van der Waals surface area contributed by atoms with Gasteiger partial charge >= 0.3 is 5.97 Å². The maximum atomic E-state index is 12.0. The van der Waals surface area contributed by atoms with Crippen molar-refractivity contribution in [2.75, 3.05) is 25.1 Å². The lowest BCUT2D eigenvalue weighted by Crippen LogP contribution is -2.31. The van der Waals surface area contributed by atoms with Crippen molar-refractivity contribution in [3.63, 3.8) is 0 Å². The molecule has 114 valence electrons. The van der Waals surface area contributed by atoms with Gasteiger partial charge in [0.2, 0.25) is 0 Å². The van der Waals surface area contributed by atoms with E-state index < -0.39 is 5.41 Å². The minimum Gasteiger partial charge on any atom is -0.465 e. The van der Waals surface area contributed by atoms with Gasteiger partial charge in [-0.05, 0) is 27.2 Å². The van der Waals surface area contributed by atoms with Crippen molar-refractivity contribution in [2.24, 2.45) is 0 Å². The predicted molar refractivity (Wildman–Crippen MR) is 84.6 cm³/mol. The second kappa shape index (κ2) is 7.62. The van der Waals surface area contributed by atoms with Crippen molar-refractivity contribution in [1.29, 1.82) is 0 Å². The number of rotatable bonds is 8. The molecule has 1 rings (SSSR count). The summed E-state index contributed by atoms with van der Waals surface area (Å²) in [6, 6.07) is 0. The normalized spacial score (nSPS) is 11.4. The van der Waals surface area contributed by atoms with Crippen LogP contribution in [0.3, 0.4) is 0 Å². The highest BCUT2D eigenvalue weighted by Crippen LogP contribution is 2.29. The molecule has 0 saturated heterocycles. The second-order valence-corrected chi connectivity index (χ2v) is 6.33. The molecular formula is C15H26N2O2S. The number of nitrogens with zero attached hydrogens (tertiary/aromatic N) is 2. The van der Waals surface area contributed by atoms with Crippen LogP contribution < -0.4 is 4.90 Å². The molecule has 1 aromatic heterocycles. The van der Waals surface area contributed by atoms with E-state index in [-0.39, 0.29) is 5.97 Å². The number of hydrogen-bond acceptors (Lipinski definition) is 5. The summed E-state index contributed by atoms with van der Waals surface area (Å²) in [7, 11) is 2.05. The van der Waals surface area contributed by atoms with Crippen LogP contribution in [-0.2, 0) is 14.9 Å². The SMILES string of the molecule is CCCCCN(C)c1nc(C(C)(C)C(=O)OCC)cs1. The minimum atomic E-state index is -0.685. The molecule has 0 saturated carbocycles. The molecule has 0 aromatic carbocycles. The first-order chi connectivity index (χ1) is 9.43. The Morgan fingerprint density at radius 3 is 2.70 bits per heavy atom. The van der Waals surface area contributed by atoms with Crippen LogP contribution in [0.1, 0.15) is 52.7 Å². The van der Waals surface area contributed by atoms with Crippen LogP contribution in [0.5, 0.6) is 0 Å². The minimum absolute atomic E-state index is 0.217. The van der Waals surface area contributed by atoms with Gasteiger partial charge in [-0.3, -0.25) is 4.79 Å². The van der Waals surface area contributed by atoms with Crippen molar-refractivity contribution < 1.29 is 9.53 Å². The molecule has 0 amide bonds. The van der Waals surface area contributed by atoms with E-state index in [0.717, 1.165) is 17.4 Å². The Labute approximate surface area is 126 Å². The lowest BCUT2D eigenvalue weighted by Gasteiger charge is -2.20. The van der Waals surface area contributed by atoms with Crippen molar-refractivity contribution in [1.82, 2.24) is 4.98 Å². The van der Waals surface area contributed by atoms with Crippen molar-refractivity contribution in [3.05, 3.63) is 11.1 Å². The molecule has 0 bridgehead atoms. The number of ether oxygens (including phenoxy) is 1. The molecule has 4 nitrogen and oxygen atoms in total. The van der Waals surface area contributed by atoms with E-state index >= 15 is 0 Å². The Morgan fingerprint density at radius 2 is 2.10 bits per heavy atom. The lowest BCUT2D eigenvalue weighted by atomic mass is 9.90. The molecule has 20 heavy (non-hydrogen) atoms. The molecular weight excluding hydrogens is 272 g/mol. The standard InChI is InChI=1S/C15H26N2O2S/c1-6-8-9-10-17(5)14-16-12(11-20-14)15(3,4)13(18)19-7-2/h11H,6-10H2,1-5H3. The monoisotopic (exact) mass is 298 g/mol. The summed E-state index contributed by atoms with van der Waals surface area (Å²) in [4.78, 5) is 18.7. The van der Waals surface area contributed by atoms with Crippen LogP contribution in [0.4, 0.5) is 5.13 Å². The summed E-state index contributed by atoms with van der Waals surface area (Å²) in [5, 5.41) is 2.93. The molecule has 0 N–H and O–H groups in total. The number of unbranched alkanes of at least 4 members (excludes halogenated alkanes) is 2. The van der Waals surface area contributed by atoms with Crippen LogP contribution in [0.15, 0.2) is 5.38 Å². The third kappa shape index (κ3) is 4.20. The maximum Gasteiger partial charge on any atom is 0.317 e. The highest BCUT2D eigenvalue weighted by molar-refractivity contribution is 7.13. The van der Waals surface area contributed by atoms with E-state index in [1.807, 2.05) is 26.2 Å². The molecule has 5 heteroatoms. The number of anilines is 1. The second-order valence-electron chi connectivity index (χ2n) is 5.49. The molecule has 0 aliphatic rings. The average molecular weight is 298 g/mol. The smallest absolute Gasteiger partial charge is 0.317 e. The molecule has 0 spiro atoms. The fraction of sp³-hybridized carbons (Fsp3) is 0.733. The van der Waals surface area contributed by atoms with Gasteiger partial charge in [-0.1, -0.05) is 19.8 Å². The first-order valence-corrected chi connectivity index (χ1v) is 8.15. The zero-order valence-electron chi connectivity index (χ0n) is 13.2. The Hall–Kier alpha value is -1.10. The molecule has 0 aliphatic heterocycles. The van der Waals surface area contributed by atoms with Crippen LogP contribution in [0.2, 0.25) is 0 Å². The third-order valence-electron chi connectivity index (χ3n) is 3.34. The van der Waals surface area contributed by atoms with Crippen LogP contribution in [0, 0.1) is 0 Å². The Balaban J connectivity index is 2.73. The zero-order valence-corrected chi connectivity index (χ0v) is 14.0. The fourth-order valence-electron chi connectivity index (χ4n) is 1.84. The van der Waals surface area contributed by atoms with Gasteiger partial charge in [0, 0.05) is 19.0 Å². The number of aromatic nitrogens is 1. The van der Waals surface area contributed by atoms with Gasteiger partial charge in [0.05, 0.1) is 12.3 Å². The third-order valence-corrected chi connectivity index (χ3v) is 4.30. The number of carbonyl (C=O) groups is 1. The van der Waals surface area contributed by atoms with E-state index in [9.17, 15) is 4.79 Å². The largest absolute Gasteiger partial charge is 0.465 e. The van der Waals surface area contributed by atoms with Crippen molar-refractivity contribution >= 4 is 22.4 Å². The fourth-order valence-corrected chi connectivity index (χ4v) is 2.82. The Bertz CT molecular complexity index is 429. The van der Waals surface area contributed by atoms with E-state index in [4.69, 9.17) is 4.74 Å². The Morgan fingerprint density at radius 1 is 1.40 bits per heavy atom. The zero-order chi connectivity index (χ0) is 15.2. The van der Waals surface area contributed by atoms with Crippen molar-refractivity contribution in [3.8, 4) is 0 Å². The molecule has 1 heterocycles. The summed E-state index contributed by atoms with van der Waals surface area (Å²) in [5.74, 6) is -0.217. The summed E-state index contributed by atoms with van der Waals surface area (Å²) in [6.07, 6.45) is 3.62. The van der Waals surface area contributed by atoms with E-state index in [2.05, 4.69) is 23.9 Å². The highest BCUT2D eigenvalue weighted by Gasteiger charge is 2.34. The summed E-state index contributed by atoms with van der Waals surface area (Å²) in [6.45, 7) is 9.14. The van der Waals surface area contributed by atoms with E-state index in [1.54, 1.807) is 11.3 Å². The molecule has 0 fully saturated rings. The molecule has 0 atom stereocenters. The molecule has 1 aromatic rings. The number of carbonyl (C=O) groups excluding carboxylic acids is 1. The lowest BCUT2D eigenvalue weighted by molar-refractivity contribution is -0.148.